The van der Waals surface area contributed by atoms with Crippen molar-refractivity contribution in [2.24, 2.45) is 0 Å². The summed E-state index contributed by atoms with van der Waals surface area (Å²) in [6.07, 6.45) is 7.00. The van der Waals surface area contributed by atoms with Crippen LogP contribution >= 0.6 is 0 Å². The van der Waals surface area contributed by atoms with Crippen LogP contribution in [0.5, 0.6) is 0 Å². The zero-order chi connectivity index (χ0) is 19.2. The van der Waals surface area contributed by atoms with Gasteiger partial charge in [0.2, 0.25) is 0 Å². The molecule has 0 fully saturated rings. The van der Waals surface area contributed by atoms with E-state index in [0.29, 0.717) is 30.1 Å². The van der Waals surface area contributed by atoms with Crippen molar-refractivity contribution in [2.75, 3.05) is 18.9 Å². The number of rotatable bonds is 6. The van der Waals surface area contributed by atoms with Crippen molar-refractivity contribution in [3.63, 3.8) is 0 Å². The third-order valence-electron chi connectivity index (χ3n) is 3.95. The number of hydrogen-bond acceptors (Lipinski definition) is 6. The van der Waals surface area contributed by atoms with Gasteiger partial charge in [0.05, 0.1) is 11.1 Å². The first-order valence-electron chi connectivity index (χ1n) is 8.37. The van der Waals surface area contributed by atoms with Crippen LogP contribution in [-0.2, 0) is 6.42 Å². The van der Waals surface area contributed by atoms with Gasteiger partial charge in [-0.1, -0.05) is 5.16 Å². The molecule has 0 saturated carbocycles. The Kier molecular flexibility index (Phi) is 5.55. The lowest BCUT2D eigenvalue weighted by molar-refractivity contribution is 0.0796. The second kappa shape index (κ2) is 8.22. The molecule has 0 atom stereocenters. The number of aromatic nitrogens is 3. The van der Waals surface area contributed by atoms with Crippen LogP contribution in [0.4, 0.5) is 5.82 Å². The molecule has 3 aromatic rings. The molecule has 0 aromatic carbocycles. The number of nitrogens with zero attached hydrogens (tertiary/aromatic N) is 4. The van der Waals surface area contributed by atoms with Crippen molar-refractivity contribution >= 4 is 17.6 Å². The molecule has 8 nitrogen and oxygen atoms in total. The number of aryl methyl sites for hydroxylation is 1. The zero-order valence-electron chi connectivity index (χ0n) is 15.0. The van der Waals surface area contributed by atoms with E-state index in [1.54, 1.807) is 37.3 Å². The van der Waals surface area contributed by atoms with Gasteiger partial charge >= 0.3 is 0 Å². The van der Waals surface area contributed by atoms with Gasteiger partial charge < -0.3 is 14.7 Å². The number of amides is 2. The Morgan fingerprint density at radius 2 is 1.85 bits per heavy atom. The predicted octanol–water partition coefficient (Wildman–Crippen LogP) is 2.34. The lowest BCUT2D eigenvalue weighted by Gasteiger charge is -2.17. The molecule has 27 heavy (non-hydrogen) atoms. The van der Waals surface area contributed by atoms with Crippen LogP contribution in [0.15, 0.2) is 53.6 Å². The van der Waals surface area contributed by atoms with Crippen LogP contribution < -0.4 is 5.32 Å². The molecule has 3 aromatic heterocycles. The monoisotopic (exact) mass is 365 g/mol. The fourth-order valence-corrected chi connectivity index (χ4v) is 2.46. The summed E-state index contributed by atoms with van der Waals surface area (Å²) in [5, 5.41) is 6.32. The molecule has 2 amide bonds. The number of nitrogens with one attached hydrogen (secondary N) is 1. The minimum Gasteiger partial charge on any atom is -0.360 e. The lowest BCUT2D eigenvalue weighted by atomic mass is 10.1. The minimum absolute atomic E-state index is 0.205. The van der Waals surface area contributed by atoms with Crippen molar-refractivity contribution < 1.29 is 14.1 Å². The van der Waals surface area contributed by atoms with Gasteiger partial charge in [0.15, 0.2) is 5.82 Å². The van der Waals surface area contributed by atoms with Gasteiger partial charge in [0.25, 0.3) is 11.8 Å². The molecule has 1 N–H and O–H groups in total. The Morgan fingerprint density at radius 3 is 2.56 bits per heavy atom. The van der Waals surface area contributed by atoms with Crippen molar-refractivity contribution in [1.82, 2.24) is 20.0 Å². The third kappa shape index (κ3) is 4.75. The molecule has 138 valence electrons. The summed E-state index contributed by atoms with van der Waals surface area (Å²) in [6, 6.07) is 6.95. The lowest BCUT2D eigenvalue weighted by Crippen LogP contribution is -2.29. The molecule has 3 heterocycles. The number of anilines is 1. The number of carbonyl (C=O) groups excluding carboxylic acids is 2. The summed E-state index contributed by atoms with van der Waals surface area (Å²) in [5.41, 5.74) is 1.71. The second-order valence-corrected chi connectivity index (χ2v) is 6.07. The van der Waals surface area contributed by atoms with E-state index >= 15 is 0 Å². The van der Waals surface area contributed by atoms with Crippen LogP contribution in [0.25, 0.3) is 0 Å². The Balaban J connectivity index is 1.64. The maximum Gasteiger partial charge on any atom is 0.258 e. The van der Waals surface area contributed by atoms with Crippen LogP contribution in [0.3, 0.4) is 0 Å². The predicted molar refractivity (Wildman–Crippen MR) is 98.3 cm³/mol. The Labute approximate surface area is 156 Å². The summed E-state index contributed by atoms with van der Waals surface area (Å²) in [4.78, 5) is 34.5. The first kappa shape index (κ1) is 18.2. The van der Waals surface area contributed by atoms with Crippen LogP contribution in [0, 0.1) is 6.92 Å². The smallest absolute Gasteiger partial charge is 0.258 e. The maximum atomic E-state index is 12.6. The molecule has 0 saturated heterocycles. The van der Waals surface area contributed by atoms with E-state index in [1.165, 1.54) is 18.5 Å². The normalized spacial score (nSPS) is 10.4. The maximum absolute atomic E-state index is 12.6. The fourth-order valence-electron chi connectivity index (χ4n) is 2.46. The summed E-state index contributed by atoms with van der Waals surface area (Å²) in [7, 11) is 1.72. The summed E-state index contributed by atoms with van der Waals surface area (Å²) in [5.74, 6) is 0.278. The van der Waals surface area contributed by atoms with Gasteiger partial charge in [-0.05, 0) is 37.1 Å². The SMILES string of the molecule is Cc1cc(NC(=O)c2cncc(C(=O)N(C)CCc3ccncc3)c2)no1. The van der Waals surface area contributed by atoms with Crippen LogP contribution in [-0.4, -0.2) is 45.4 Å². The van der Waals surface area contributed by atoms with E-state index in [9.17, 15) is 9.59 Å². The number of carbonyl (C=O) groups is 2. The molecule has 8 heteroatoms. The highest BCUT2D eigenvalue weighted by atomic mass is 16.5. The molecular weight excluding hydrogens is 346 g/mol. The van der Waals surface area contributed by atoms with Gasteiger partial charge in [-0.25, -0.2) is 0 Å². The number of hydrogen-bond donors (Lipinski definition) is 1. The van der Waals surface area contributed by atoms with Crippen molar-refractivity contribution in [1.29, 1.82) is 0 Å². The molecule has 0 unspecified atom stereocenters. The van der Waals surface area contributed by atoms with Crippen molar-refractivity contribution in [3.05, 3.63) is 71.5 Å². The van der Waals surface area contributed by atoms with E-state index in [2.05, 4.69) is 20.4 Å². The highest BCUT2D eigenvalue weighted by Crippen LogP contribution is 2.11. The summed E-state index contributed by atoms with van der Waals surface area (Å²) < 4.78 is 4.91. The molecule has 0 spiro atoms. The first-order chi connectivity index (χ1) is 13.0. The first-order valence-corrected chi connectivity index (χ1v) is 8.37. The molecule has 0 aliphatic carbocycles. The Hall–Kier alpha value is -3.55. The van der Waals surface area contributed by atoms with E-state index in [0.717, 1.165) is 5.56 Å². The van der Waals surface area contributed by atoms with Gasteiger partial charge in [0.1, 0.15) is 5.76 Å². The van der Waals surface area contributed by atoms with Gasteiger partial charge in [-0.3, -0.25) is 19.6 Å². The highest BCUT2D eigenvalue weighted by Gasteiger charge is 2.16. The Morgan fingerprint density at radius 1 is 1.11 bits per heavy atom. The Bertz CT molecular complexity index is 939. The largest absolute Gasteiger partial charge is 0.360 e. The molecule has 3 rings (SSSR count). The second-order valence-electron chi connectivity index (χ2n) is 6.07. The average Bonchev–Trinajstić information content (AvgIpc) is 3.11. The molecule has 0 bridgehead atoms. The standard InChI is InChI=1S/C19H19N5O3/c1-13-9-17(23-27-13)22-18(25)15-10-16(12-21-11-15)19(26)24(2)8-5-14-3-6-20-7-4-14/h3-4,6-7,9-12H,5,8H2,1-2H3,(H,22,23,25). The highest BCUT2D eigenvalue weighted by molar-refractivity contribution is 6.05. The topological polar surface area (TPSA) is 101 Å². The van der Waals surface area contributed by atoms with Crippen molar-refractivity contribution in [3.8, 4) is 0 Å². The van der Waals surface area contributed by atoms with Gasteiger partial charge in [-0.15, -0.1) is 0 Å². The van der Waals surface area contributed by atoms with Crippen LogP contribution in [0.1, 0.15) is 32.0 Å². The van der Waals surface area contributed by atoms with E-state index in [4.69, 9.17) is 4.52 Å². The fraction of sp³-hybridized carbons (Fsp3) is 0.211. The van der Waals surface area contributed by atoms with Gasteiger partial charge in [0, 0.05) is 44.4 Å². The van der Waals surface area contributed by atoms with Gasteiger partial charge in [-0.2, -0.15) is 0 Å². The number of likely N-dealkylation sites (N-methyl/N-ethyl adjacent to an activating group) is 1. The van der Waals surface area contributed by atoms with E-state index < -0.39 is 5.91 Å². The van der Waals surface area contributed by atoms with Crippen LogP contribution in [0.2, 0.25) is 0 Å². The molecular formula is C19H19N5O3. The quantitative estimate of drug-likeness (QED) is 0.719. The summed E-state index contributed by atoms with van der Waals surface area (Å²) >= 11 is 0. The van der Waals surface area contributed by atoms with Crippen molar-refractivity contribution in [2.45, 2.75) is 13.3 Å². The zero-order valence-corrected chi connectivity index (χ0v) is 15.0. The molecule has 0 aliphatic rings. The number of pyridine rings is 2. The third-order valence-corrected chi connectivity index (χ3v) is 3.95. The van der Waals surface area contributed by atoms with E-state index in [1.807, 2.05) is 12.1 Å². The molecule has 0 aliphatic heterocycles. The minimum atomic E-state index is -0.412. The summed E-state index contributed by atoms with van der Waals surface area (Å²) in [6.45, 7) is 2.27. The average molecular weight is 365 g/mol. The molecule has 0 radical (unpaired) electrons. The van der Waals surface area contributed by atoms with E-state index in [-0.39, 0.29) is 11.5 Å².